The van der Waals surface area contributed by atoms with Crippen molar-refractivity contribution in [2.75, 3.05) is 26.2 Å². The average molecular weight is 354 g/mol. The average Bonchev–Trinajstić information content (AvgIpc) is 2.57. The molecule has 0 spiro atoms. The molecule has 0 saturated carbocycles. The quantitative estimate of drug-likeness (QED) is 0.752. The highest BCUT2D eigenvalue weighted by Crippen LogP contribution is 2.25. The summed E-state index contributed by atoms with van der Waals surface area (Å²) >= 11 is 0. The molecule has 0 atom stereocenters. The first-order chi connectivity index (χ1) is 11.4. The van der Waals surface area contributed by atoms with Gasteiger partial charge in [-0.05, 0) is 56.4 Å². The van der Waals surface area contributed by atoms with Crippen molar-refractivity contribution < 1.29 is 18.3 Å². The SMILES string of the molecule is Cc1ccc(S(=O)(=O)N2CCC(C(=O)NCCCO)CC2)cc1C. The van der Waals surface area contributed by atoms with E-state index in [0.29, 0.717) is 43.8 Å². The first-order valence-electron chi connectivity index (χ1n) is 8.32. The van der Waals surface area contributed by atoms with Crippen LogP contribution in [0.2, 0.25) is 0 Å². The van der Waals surface area contributed by atoms with Crippen LogP contribution in [0.1, 0.15) is 30.4 Å². The lowest BCUT2D eigenvalue weighted by Crippen LogP contribution is -2.43. The molecule has 134 valence electrons. The molecule has 0 aliphatic carbocycles. The van der Waals surface area contributed by atoms with Crippen molar-refractivity contribution in [2.45, 2.75) is 38.0 Å². The number of aliphatic hydroxyl groups is 1. The molecule has 0 bridgehead atoms. The molecule has 2 N–H and O–H groups in total. The van der Waals surface area contributed by atoms with E-state index in [9.17, 15) is 13.2 Å². The van der Waals surface area contributed by atoms with E-state index in [2.05, 4.69) is 5.32 Å². The Morgan fingerprint density at radius 3 is 2.50 bits per heavy atom. The molecule has 0 radical (unpaired) electrons. The second-order valence-corrected chi connectivity index (χ2v) is 8.23. The Morgan fingerprint density at radius 1 is 1.25 bits per heavy atom. The Kier molecular flexibility index (Phi) is 6.37. The van der Waals surface area contributed by atoms with E-state index >= 15 is 0 Å². The summed E-state index contributed by atoms with van der Waals surface area (Å²) in [6.45, 7) is 5.06. The van der Waals surface area contributed by atoms with Crippen LogP contribution < -0.4 is 5.32 Å². The number of sulfonamides is 1. The molecule has 1 aromatic rings. The van der Waals surface area contributed by atoms with Gasteiger partial charge in [0.25, 0.3) is 0 Å². The van der Waals surface area contributed by atoms with Crippen LogP contribution in [-0.4, -0.2) is 50.0 Å². The predicted octanol–water partition coefficient (Wildman–Crippen LogP) is 1.20. The lowest BCUT2D eigenvalue weighted by Gasteiger charge is -2.30. The summed E-state index contributed by atoms with van der Waals surface area (Å²) in [6.07, 6.45) is 1.58. The highest BCUT2D eigenvalue weighted by atomic mass is 32.2. The molecule has 1 aliphatic rings. The van der Waals surface area contributed by atoms with Gasteiger partial charge in [-0.2, -0.15) is 4.31 Å². The summed E-state index contributed by atoms with van der Waals surface area (Å²) in [4.78, 5) is 12.3. The molecule has 1 fully saturated rings. The second-order valence-electron chi connectivity index (χ2n) is 6.29. The Bertz CT molecular complexity index is 680. The number of piperidine rings is 1. The Morgan fingerprint density at radius 2 is 1.92 bits per heavy atom. The number of hydrogen-bond acceptors (Lipinski definition) is 4. The van der Waals surface area contributed by atoms with E-state index in [-0.39, 0.29) is 18.4 Å². The van der Waals surface area contributed by atoms with Crippen LogP contribution in [0.4, 0.5) is 0 Å². The van der Waals surface area contributed by atoms with Crippen molar-refractivity contribution in [3.8, 4) is 0 Å². The molecule has 0 aromatic heterocycles. The zero-order valence-electron chi connectivity index (χ0n) is 14.3. The summed E-state index contributed by atoms with van der Waals surface area (Å²) in [5.74, 6) is -0.207. The van der Waals surface area contributed by atoms with E-state index < -0.39 is 10.0 Å². The molecule has 7 heteroatoms. The van der Waals surface area contributed by atoms with Crippen LogP contribution in [0.25, 0.3) is 0 Å². The highest BCUT2D eigenvalue weighted by molar-refractivity contribution is 7.89. The molecular formula is C17H26N2O4S. The second kappa shape index (κ2) is 8.09. The summed E-state index contributed by atoms with van der Waals surface area (Å²) in [5, 5.41) is 11.5. The third-order valence-corrected chi connectivity index (χ3v) is 6.47. The van der Waals surface area contributed by atoms with E-state index in [0.717, 1.165) is 11.1 Å². The summed E-state index contributed by atoms with van der Waals surface area (Å²) in [7, 11) is -3.50. The minimum atomic E-state index is -3.50. The zero-order valence-corrected chi connectivity index (χ0v) is 15.1. The van der Waals surface area contributed by atoms with Gasteiger partial charge in [0.05, 0.1) is 4.90 Å². The number of rotatable bonds is 6. The molecule has 1 heterocycles. The first-order valence-corrected chi connectivity index (χ1v) is 9.76. The molecule has 2 rings (SSSR count). The Hall–Kier alpha value is -1.44. The Balaban J connectivity index is 1.98. The van der Waals surface area contributed by atoms with Crippen LogP contribution >= 0.6 is 0 Å². The van der Waals surface area contributed by atoms with E-state index in [1.54, 1.807) is 12.1 Å². The van der Waals surface area contributed by atoms with Gasteiger partial charge in [0, 0.05) is 32.2 Å². The number of carbonyl (C=O) groups is 1. The topological polar surface area (TPSA) is 86.7 Å². The number of aryl methyl sites for hydroxylation is 2. The fourth-order valence-electron chi connectivity index (χ4n) is 2.82. The normalized spacial score (nSPS) is 17.0. The molecule has 1 aliphatic heterocycles. The van der Waals surface area contributed by atoms with Crippen LogP contribution in [0.5, 0.6) is 0 Å². The van der Waals surface area contributed by atoms with Crippen molar-refractivity contribution in [1.29, 1.82) is 0 Å². The number of nitrogens with zero attached hydrogens (tertiary/aromatic N) is 1. The number of aliphatic hydroxyl groups excluding tert-OH is 1. The number of nitrogens with one attached hydrogen (secondary N) is 1. The van der Waals surface area contributed by atoms with E-state index in [4.69, 9.17) is 5.11 Å². The van der Waals surface area contributed by atoms with Gasteiger partial charge in [-0.25, -0.2) is 8.42 Å². The summed E-state index contributed by atoms with van der Waals surface area (Å²) in [6, 6.07) is 5.17. The minimum Gasteiger partial charge on any atom is -0.396 e. The standard InChI is InChI=1S/C17H26N2O4S/c1-13-4-5-16(12-14(13)2)24(22,23)19-9-6-15(7-10-19)17(21)18-8-3-11-20/h4-5,12,15,20H,3,6-11H2,1-2H3,(H,18,21). The van der Waals surface area contributed by atoms with Gasteiger partial charge in [0.15, 0.2) is 0 Å². The fraction of sp³-hybridized carbons (Fsp3) is 0.588. The van der Waals surface area contributed by atoms with Gasteiger partial charge in [0.1, 0.15) is 0 Å². The van der Waals surface area contributed by atoms with Crippen molar-refractivity contribution >= 4 is 15.9 Å². The van der Waals surface area contributed by atoms with Gasteiger partial charge in [-0.3, -0.25) is 4.79 Å². The van der Waals surface area contributed by atoms with Crippen molar-refractivity contribution in [3.05, 3.63) is 29.3 Å². The maximum absolute atomic E-state index is 12.7. The molecule has 1 aromatic carbocycles. The van der Waals surface area contributed by atoms with Crippen LogP contribution in [-0.2, 0) is 14.8 Å². The predicted molar refractivity (Wildman–Crippen MR) is 92.1 cm³/mol. The lowest BCUT2D eigenvalue weighted by molar-refractivity contribution is -0.126. The van der Waals surface area contributed by atoms with Crippen molar-refractivity contribution in [1.82, 2.24) is 9.62 Å². The molecular weight excluding hydrogens is 328 g/mol. The van der Waals surface area contributed by atoms with Gasteiger partial charge in [-0.1, -0.05) is 6.07 Å². The van der Waals surface area contributed by atoms with Gasteiger partial charge < -0.3 is 10.4 Å². The van der Waals surface area contributed by atoms with Crippen LogP contribution in [0, 0.1) is 19.8 Å². The number of hydrogen-bond donors (Lipinski definition) is 2. The van der Waals surface area contributed by atoms with Crippen LogP contribution in [0.15, 0.2) is 23.1 Å². The van der Waals surface area contributed by atoms with Crippen molar-refractivity contribution in [2.24, 2.45) is 5.92 Å². The zero-order chi connectivity index (χ0) is 17.7. The van der Waals surface area contributed by atoms with Crippen molar-refractivity contribution in [3.63, 3.8) is 0 Å². The monoisotopic (exact) mass is 354 g/mol. The van der Waals surface area contributed by atoms with Gasteiger partial charge >= 0.3 is 0 Å². The number of benzene rings is 1. The maximum atomic E-state index is 12.7. The minimum absolute atomic E-state index is 0.0485. The highest BCUT2D eigenvalue weighted by Gasteiger charge is 2.32. The first kappa shape index (κ1) is 18.9. The third-order valence-electron chi connectivity index (χ3n) is 4.57. The summed E-state index contributed by atoms with van der Waals surface area (Å²) < 4.78 is 26.9. The fourth-order valence-corrected chi connectivity index (χ4v) is 4.37. The Labute approximate surface area is 143 Å². The van der Waals surface area contributed by atoms with E-state index in [1.165, 1.54) is 4.31 Å². The molecule has 1 saturated heterocycles. The molecule has 1 amide bonds. The summed E-state index contributed by atoms with van der Waals surface area (Å²) in [5.41, 5.74) is 2.02. The largest absolute Gasteiger partial charge is 0.396 e. The smallest absolute Gasteiger partial charge is 0.243 e. The van der Waals surface area contributed by atoms with E-state index in [1.807, 2.05) is 19.9 Å². The molecule has 0 unspecified atom stereocenters. The third kappa shape index (κ3) is 4.34. The number of amides is 1. The van der Waals surface area contributed by atoms with Crippen LogP contribution in [0.3, 0.4) is 0 Å². The number of carbonyl (C=O) groups excluding carboxylic acids is 1. The maximum Gasteiger partial charge on any atom is 0.243 e. The van der Waals surface area contributed by atoms with Gasteiger partial charge in [-0.15, -0.1) is 0 Å². The van der Waals surface area contributed by atoms with Gasteiger partial charge in [0.2, 0.25) is 15.9 Å². The molecule has 24 heavy (non-hydrogen) atoms. The lowest BCUT2D eigenvalue weighted by atomic mass is 9.97. The molecule has 6 nitrogen and oxygen atoms in total.